The van der Waals surface area contributed by atoms with Gasteiger partial charge in [0.15, 0.2) is 6.23 Å². The Balaban J connectivity index is 2.62. The molecule has 0 aliphatic carbocycles. The molecule has 1 aliphatic heterocycles. The van der Waals surface area contributed by atoms with Gasteiger partial charge in [0.1, 0.15) is 24.4 Å². The van der Waals surface area contributed by atoms with Gasteiger partial charge in [0, 0.05) is 6.42 Å². The van der Waals surface area contributed by atoms with Crippen LogP contribution < -0.4 is 5.32 Å². The van der Waals surface area contributed by atoms with Crippen LogP contribution in [0.4, 0.5) is 0 Å². The van der Waals surface area contributed by atoms with Gasteiger partial charge in [-0.2, -0.15) is 0 Å². The van der Waals surface area contributed by atoms with Crippen molar-refractivity contribution in [3.63, 3.8) is 0 Å². The minimum atomic E-state index is -1.46. The van der Waals surface area contributed by atoms with E-state index in [1.165, 1.54) is 0 Å². The number of rotatable bonds is 4. The largest absolute Gasteiger partial charge is 0.394 e. The Morgan fingerprint density at radius 1 is 1.24 bits per heavy atom. The molecule has 100 valence electrons. The quantitative estimate of drug-likeness (QED) is 0.382. The molecule has 5 atom stereocenters. The Bertz CT molecular complexity index is 259. The van der Waals surface area contributed by atoms with Crippen LogP contribution in [-0.4, -0.2) is 63.6 Å². The molecule has 0 radical (unpaired) electrons. The van der Waals surface area contributed by atoms with E-state index in [1.54, 1.807) is 0 Å². The molecule has 0 aromatic carbocycles. The highest BCUT2D eigenvalue weighted by Crippen LogP contribution is 2.19. The van der Waals surface area contributed by atoms with Crippen molar-refractivity contribution in [2.45, 2.75) is 50.4 Å². The third-order valence-corrected chi connectivity index (χ3v) is 2.67. The Kier molecular flexibility index (Phi) is 5.29. The molecule has 0 aromatic heterocycles. The number of amides is 1. The lowest BCUT2D eigenvalue weighted by Crippen LogP contribution is -2.63. The van der Waals surface area contributed by atoms with Crippen LogP contribution in [-0.2, 0) is 9.53 Å². The average Bonchev–Trinajstić information content (AvgIpc) is 2.30. The first-order chi connectivity index (χ1) is 8.01. The first kappa shape index (κ1) is 14.3. The van der Waals surface area contributed by atoms with Gasteiger partial charge < -0.3 is 30.5 Å². The summed E-state index contributed by atoms with van der Waals surface area (Å²) in [5.41, 5.74) is 0. The number of carbonyl (C=O) groups is 1. The smallest absolute Gasteiger partial charge is 0.222 e. The van der Waals surface area contributed by atoms with Gasteiger partial charge in [0.25, 0.3) is 0 Å². The van der Waals surface area contributed by atoms with Crippen LogP contribution in [0.25, 0.3) is 0 Å². The maximum absolute atomic E-state index is 11.3. The molecule has 7 nitrogen and oxygen atoms in total. The second-order valence-corrected chi connectivity index (χ2v) is 4.07. The molecule has 1 aliphatic rings. The van der Waals surface area contributed by atoms with Gasteiger partial charge in [-0.05, 0) is 6.42 Å². The highest BCUT2D eigenvalue weighted by atomic mass is 16.6. The molecule has 0 spiro atoms. The second-order valence-electron chi connectivity index (χ2n) is 4.07. The fourth-order valence-corrected chi connectivity index (χ4v) is 1.68. The number of nitrogens with one attached hydrogen (secondary N) is 1. The standard InChI is InChI=1S/C10H19NO6/c1-2-3-6(13)11-10-9(16)8(15)7(14)5(4-12)17-10/h5,7-10,12,14-16H,2-4H2,1H3,(H,11,13)/t5?,7-,8?,9?,10-/m1/s1. The fourth-order valence-electron chi connectivity index (χ4n) is 1.68. The Hall–Kier alpha value is -0.730. The first-order valence-electron chi connectivity index (χ1n) is 5.61. The summed E-state index contributed by atoms with van der Waals surface area (Å²) in [6, 6.07) is 0. The van der Waals surface area contributed by atoms with Crippen LogP contribution in [0.15, 0.2) is 0 Å². The molecule has 1 fully saturated rings. The molecule has 0 saturated carbocycles. The summed E-state index contributed by atoms with van der Waals surface area (Å²) in [6.07, 6.45) is -5.50. The number of aliphatic hydroxyl groups is 4. The van der Waals surface area contributed by atoms with E-state index in [-0.39, 0.29) is 12.3 Å². The third-order valence-electron chi connectivity index (χ3n) is 2.67. The van der Waals surface area contributed by atoms with E-state index in [0.717, 1.165) is 0 Å². The van der Waals surface area contributed by atoms with Crippen molar-refractivity contribution in [2.24, 2.45) is 0 Å². The maximum Gasteiger partial charge on any atom is 0.222 e. The van der Waals surface area contributed by atoms with Gasteiger partial charge in [0.2, 0.25) is 5.91 Å². The number of hydrogen-bond acceptors (Lipinski definition) is 6. The maximum atomic E-state index is 11.3. The van der Waals surface area contributed by atoms with E-state index in [0.29, 0.717) is 6.42 Å². The molecule has 1 amide bonds. The SMILES string of the molecule is CCCC(=O)N[C@@H]1OC(CO)[C@@H](O)C(O)C1O. The predicted octanol–water partition coefficient (Wildman–Crippen LogP) is -2.30. The van der Waals surface area contributed by atoms with Gasteiger partial charge in [-0.1, -0.05) is 6.92 Å². The molecule has 0 bridgehead atoms. The summed E-state index contributed by atoms with van der Waals surface area (Å²) in [5, 5.41) is 39.9. The van der Waals surface area contributed by atoms with Crippen LogP contribution in [0.3, 0.4) is 0 Å². The van der Waals surface area contributed by atoms with Crippen molar-refractivity contribution in [2.75, 3.05) is 6.61 Å². The summed E-state index contributed by atoms with van der Waals surface area (Å²) >= 11 is 0. The zero-order valence-corrected chi connectivity index (χ0v) is 9.61. The van der Waals surface area contributed by atoms with Gasteiger partial charge in [-0.15, -0.1) is 0 Å². The Morgan fingerprint density at radius 2 is 1.88 bits per heavy atom. The molecule has 7 heteroatoms. The average molecular weight is 249 g/mol. The normalized spacial score (nSPS) is 37.8. The predicted molar refractivity (Wildman–Crippen MR) is 56.8 cm³/mol. The van der Waals surface area contributed by atoms with Crippen molar-refractivity contribution in [1.29, 1.82) is 0 Å². The summed E-state index contributed by atoms with van der Waals surface area (Å²) < 4.78 is 5.11. The minimum absolute atomic E-state index is 0.273. The van der Waals surface area contributed by atoms with Gasteiger partial charge in [-0.3, -0.25) is 4.79 Å². The van der Waals surface area contributed by atoms with Crippen molar-refractivity contribution in [3.8, 4) is 0 Å². The molecule has 1 saturated heterocycles. The number of ether oxygens (including phenoxy) is 1. The lowest BCUT2D eigenvalue weighted by atomic mass is 9.98. The van der Waals surface area contributed by atoms with Crippen LogP contribution in [0.1, 0.15) is 19.8 Å². The molecular weight excluding hydrogens is 230 g/mol. The summed E-state index contributed by atoms with van der Waals surface area (Å²) in [5.74, 6) is -0.322. The van der Waals surface area contributed by atoms with E-state index in [1.807, 2.05) is 6.92 Å². The minimum Gasteiger partial charge on any atom is -0.394 e. The van der Waals surface area contributed by atoms with Crippen LogP contribution in [0.5, 0.6) is 0 Å². The van der Waals surface area contributed by atoms with Crippen molar-refractivity contribution >= 4 is 5.91 Å². The Morgan fingerprint density at radius 3 is 2.41 bits per heavy atom. The van der Waals surface area contributed by atoms with Gasteiger partial charge >= 0.3 is 0 Å². The van der Waals surface area contributed by atoms with E-state index in [2.05, 4.69) is 5.32 Å². The fraction of sp³-hybridized carbons (Fsp3) is 0.900. The summed E-state index contributed by atoms with van der Waals surface area (Å²) in [6.45, 7) is 1.32. The first-order valence-corrected chi connectivity index (χ1v) is 5.61. The molecule has 1 rings (SSSR count). The Labute approximate surface area is 99.0 Å². The number of hydrogen-bond donors (Lipinski definition) is 5. The molecular formula is C10H19NO6. The molecule has 17 heavy (non-hydrogen) atoms. The molecule has 5 N–H and O–H groups in total. The second kappa shape index (κ2) is 6.27. The topological polar surface area (TPSA) is 119 Å². The van der Waals surface area contributed by atoms with Crippen LogP contribution in [0.2, 0.25) is 0 Å². The van der Waals surface area contributed by atoms with E-state index in [4.69, 9.17) is 9.84 Å². The van der Waals surface area contributed by atoms with Crippen molar-refractivity contribution in [1.82, 2.24) is 5.32 Å². The van der Waals surface area contributed by atoms with E-state index in [9.17, 15) is 20.1 Å². The van der Waals surface area contributed by atoms with Crippen LogP contribution >= 0.6 is 0 Å². The van der Waals surface area contributed by atoms with Crippen molar-refractivity contribution < 1.29 is 30.0 Å². The third kappa shape index (κ3) is 3.36. The summed E-state index contributed by atoms with van der Waals surface area (Å²) in [4.78, 5) is 11.3. The zero-order chi connectivity index (χ0) is 13.0. The highest BCUT2D eigenvalue weighted by Gasteiger charge is 2.43. The van der Waals surface area contributed by atoms with Gasteiger partial charge in [-0.25, -0.2) is 0 Å². The molecule has 3 unspecified atom stereocenters. The zero-order valence-electron chi connectivity index (χ0n) is 9.61. The lowest BCUT2D eigenvalue weighted by molar-refractivity contribution is -0.235. The van der Waals surface area contributed by atoms with Gasteiger partial charge in [0.05, 0.1) is 6.61 Å². The summed E-state index contributed by atoms with van der Waals surface area (Å²) in [7, 11) is 0. The van der Waals surface area contributed by atoms with Crippen molar-refractivity contribution in [3.05, 3.63) is 0 Å². The van der Waals surface area contributed by atoms with E-state index < -0.39 is 37.3 Å². The molecule has 1 heterocycles. The monoisotopic (exact) mass is 249 g/mol. The van der Waals surface area contributed by atoms with Crippen LogP contribution in [0, 0.1) is 0 Å². The highest BCUT2D eigenvalue weighted by molar-refractivity contribution is 5.76. The van der Waals surface area contributed by atoms with E-state index >= 15 is 0 Å². The number of aliphatic hydroxyl groups excluding tert-OH is 4. The molecule has 0 aromatic rings. The number of carbonyl (C=O) groups excluding carboxylic acids is 1. The lowest BCUT2D eigenvalue weighted by Gasteiger charge is -2.40.